The Morgan fingerprint density at radius 1 is 1.50 bits per heavy atom. The second kappa shape index (κ2) is 7.42. The number of ether oxygens (including phenoxy) is 1. The Morgan fingerprint density at radius 3 is 2.94 bits per heavy atom. The molecule has 0 fully saturated rings. The predicted molar refractivity (Wildman–Crippen MR) is 65.2 cm³/mol. The van der Waals surface area contributed by atoms with Gasteiger partial charge in [-0.2, -0.15) is 0 Å². The molecular weight excluding hydrogens is 237 g/mol. The van der Waals surface area contributed by atoms with E-state index in [9.17, 15) is 14.0 Å². The maximum atomic E-state index is 13.4. The van der Waals surface area contributed by atoms with Crippen molar-refractivity contribution >= 4 is 12.2 Å². The zero-order valence-electron chi connectivity index (χ0n) is 10.2. The van der Waals surface area contributed by atoms with E-state index in [4.69, 9.17) is 4.74 Å². The fourth-order valence-electron chi connectivity index (χ4n) is 1.36. The molecule has 0 aliphatic rings. The van der Waals surface area contributed by atoms with Gasteiger partial charge in [0.25, 0.3) is 5.91 Å². The molecule has 0 heterocycles. The van der Waals surface area contributed by atoms with E-state index >= 15 is 0 Å². The third kappa shape index (κ3) is 4.16. The van der Waals surface area contributed by atoms with E-state index < -0.39 is 5.82 Å². The summed E-state index contributed by atoms with van der Waals surface area (Å²) in [4.78, 5) is 22.0. The van der Waals surface area contributed by atoms with Crippen LogP contribution in [0.5, 0.6) is 5.75 Å². The van der Waals surface area contributed by atoms with Gasteiger partial charge in [0.2, 0.25) is 0 Å². The maximum Gasteiger partial charge on any atom is 0.257 e. The van der Waals surface area contributed by atoms with Gasteiger partial charge in [0.05, 0.1) is 5.56 Å². The third-order valence-corrected chi connectivity index (χ3v) is 2.32. The van der Waals surface area contributed by atoms with E-state index in [-0.39, 0.29) is 23.8 Å². The number of hydrogen-bond acceptors (Lipinski definition) is 3. The van der Waals surface area contributed by atoms with Crippen molar-refractivity contribution in [2.45, 2.75) is 19.8 Å². The Balaban J connectivity index is 2.53. The lowest BCUT2D eigenvalue weighted by Crippen LogP contribution is -2.29. The Hall–Kier alpha value is -1.91. The van der Waals surface area contributed by atoms with Gasteiger partial charge in [-0.25, -0.2) is 4.39 Å². The molecule has 5 heteroatoms. The number of para-hydroxylation sites is 1. The minimum absolute atomic E-state index is 0.0939. The average molecular weight is 253 g/mol. The molecular formula is C13H16FNO3. The van der Waals surface area contributed by atoms with Crippen LogP contribution >= 0.6 is 0 Å². The number of amides is 1. The van der Waals surface area contributed by atoms with Crippen molar-refractivity contribution < 1.29 is 18.7 Å². The second-order valence-corrected chi connectivity index (χ2v) is 3.77. The topological polar surface area (TPSA) is 55.4 Å². The number of carbonyl (C=O) groups is 2. The van der Waals surface area contributed by atoms with Crippen molar-refractivity contribution in [3.05, 3.63) is 29.6 Å². The molecule has 0 atom stereocenters. The number of unbranched alkanes of at least 4 members (excludes halogenated alkanes) is 1. The molecule has 1 aromatic carbocycles. The normalized spacial score (nSPS) is 9.89. The molecule has 0 spiro atoms. The molecule has 4 nitrogen and oxygen atoms in total. The highest BCUT2D eigenvalue weighted by molar-refractivity contribution is 5.80. The molecule has 98 valence electrons. The second-order valence-electron chi connectivity index (χ2n) is 3.77. The first-order valence-corrected chi connectivity index (χ1v) is 5.82. The van der Waals surface area contributed by atoms with Gasteiger partial charge in [0.1, 0.15) is 0 Å². The lowest BCUT2D eigenvalue weighted by Gasteiger charge is -2.09. The molecule has 0 radical (unpaired) electrons. The number of nitrogens with one attached hydrogen (secondary N) is 1. The first kappa shape index (κ1) is 14.2. The Morgan fingerprint density at radius 2 is 2.28 bits per heavy atom. The van der Waals surface area contributed by atoms with Crippen molar-refractivity contribution in [2.75, 3.05) is 13.2 Å². The lowest BCUT2D eigenvalue weighted by atomic mass is 10.2. The van der Waals surface area contributed by atoms with Crippen LogP contribution in [-0.2, 0) is 4.79 Å². The van der Waals surface area contributed by atoms with Gasteiger partial charge >= 0.3 is 0 Å². The van der Waals surface area contributed by atoms with Gasteiger partial charge in [-0.15, -0.1) is 0 Å². The van der Waals surface area contributed by atoms with Crippen molar-refractivity contribution in [2.24, 2.45) is 0 Å². The van der Waals surface area contributed by atoms with Gasteiger partial charge < -0.3 is 10.1 Å². The average Bonchev–Trinajstić information content (AvgIpc) is 2.37. The molecule has 0 aromatic heterocycles. The highest BCUT2D eigenvalue weighted by Crippen LogP contribution is 2.20. The van der Waals surface area contributed by atoms with Crippen molar-refractivity contribution in [3.8, 4) is 5.75 Å². The molecule has 1 amide bonds. The highest BCUT2D eigenvalue weighted by Gasteiger charge is 2.11. The SMILES string of the molecule is CCCCNC(=O)COc1c(F)cccc1C=O. The molecule has 18 heavy (non-hydrogen) atoms. The molecule has 0 saturated carbocycles. The van der Waals surface area contributed by atoms with Crippen LogP contribution < -0.4 is 10.1 Å². The van der Waals surface area contributed by atoms with Crippen molar-refractivity contribution in [3.63, 3.8) is 0 Å². The van der Waals surface area contributed by atoms with Gasteiger partial charge in [0, 0.05) is 6.54 Å². The van der Waals surface area contributed by atoms with Crippen LogP contribution in [0.25, 0.3) is 0 Å². The summed E-state index contributed by atoms with van der Waals surface area (Å²) in [5.41, 5.74) is 0.0939. The maximum absolute atomic E-state index is 13.4. The van der Waals surface area contributed by atoms with Gasteiger partial charge in [-0.3, -0.25) is 9.59 Å². The van der Waals surface area contributed by atoms with E-state index in [1.807, 2.05) is 6.92 Å². The molecule has 0 unspecified atom stereocenters. The van der Waals surface area contributed by atoms with Crippen LogP contribution in [0.3, 0.4) is 0 Å². The highest BCUT2D eigenvalue weighted by atomic mass is 19.1. The van der Waals surface area contributed by atoms with E-state index in [1.54, 1.807) is 0 Å². The van der Waals surface area contributed by atoms with Crippen LogP contribution in [0.1, 0.15) is 30.1 Å². The van der Waals surface area contributed by atoms with Crippen molar-refractivity contribution in [1.82, 2.24) is 5.32 Å². The van der Waals surface area contributed by atoms with Crippen LogP contribution in [0, 0.1) is 5.82 Å². The number of carbonyl (C=O) groups excluding carboxylic acids is 2. The number of benzene rings is 1. The first-order chi connectivity index (χ1) is 8.69. The Labute approximate surface area is 105 Å². The summed E-state index contributed by atoms with van der Waals surface area (Å²) in [6.45, 7) is 2.28. The molecule has 0 bridgehead atoms. The zero-order valence-corrected chi connectivity index (χ0v) is 10.2. The minimum Gasteiger partial charge on any atom is -0.480 e. The van der Waals surface area contributed by atoms with Crippen LogP contribution in [0.4, 0.5) is 4.39 Å². The smallest absolute Gasteiger partial charge is 0.257 e. The summed E-state index contributed by atoms with van der Waals surface area (Å²) in [6, 6.07) is 4.02. The summed E-state index contributed by atoms with van der Waals surface area (Å²) in [6.07, 6.45) is 2.35. The number of hydrogen-bond donors (Lipinski definition) is 1. The monoisotopic (exact) mass is 253 g/mol. The predicted octanol–water partition coefficient (Wildman–Crippen LogP) is 1.93. The van der Waals surface area contributed by atoms with Gasteiger partial charge in [-0.05, 0) is 18.6 Å². The third-order valence-electron chi connectivity index (χ3n) is 2.32. The van der Waals surface area contributed by atoms with Crippen molar-refractivity contribution in [1.29, 1.82) is 0 Å². The summed E-state index contributed by atoms with van der Waals surface area (Å²) >= 11 is 0. The molecule has 1 aromatic rings. The summed E-state index contributed by atoms with van der Waals surface area (Å²) in [7, 11) is 0. The van der Waals surface area contributed by atoms with Crippen LogP contribution in [0.2, 0.25) is 0 Å². The quantitative estimate of drug-likeness (QED) is 0.596. The van der Waals surface area contributed by atoms with Gasteiger partial charge in [-0.1, -0.05) is 19.4 Å². The molecule has 1 rings (SSSR count). The Kier molecular flexibility index (Phi) is 5.84. The molecule has 0 aliphatic heterocycles. The van der Waals surface area contributed by atoms with E-state index in [0.29, 0.717) is 12.8 Å². The number of halogens is 1. The zero-order chi connectivity index (χ0) is 13.4. The van der Waals surface area contributed by atoms with Gasteiger partial charge in [0.15, 0.2) is 24.5 Å². The summed E-state index contributed by atoms with van der Waals surface area (Å²) < 4.78 is 18.4. The van der Waals surface area contributed by atoms with E-state index in [1.165, 1.54) is 18.2 Å². The van der Waals surface area contributed by atoms with Crippen LogP contribution in [0.15, 0.2) is 18.2 Å². The fourth-order valence-corrected chi connectivity index (χ4v) is 1.36. The molecule has 0 aliphatic carbocycles. The summed E-state index contributed by atoms with van der Waals surface area (Å²) in [5.74, 6) is -1.16. The summed E-state index contributed by atoms with van der Waals surface area (Å²) in [5, 5.41) is 2.64. The molecule has 0 saturated heterocycles. The fraction of sp³-hybridized carbons (Fsp3) is 0.385. The number of rotatable bonds is 7. The number of aldehydes is 1. The Bertz CT molecular complexity index is 421. The lowest BCUT2D eigenvalue weighted by molar-refractivity contribution is -0.123. The largest absolute Gasteiger partial charge is 0.480 e. The molecule has 1 N–H and O–H groups in total. The minimum atomic E-state index is -0.652. The van der Waals surface area contributed by atoms with Crippen LogP contribution in [-0.4, -0.2) is 25.3 Å². The van der Waals surface area contributed by atoms with E-state index in [2.05, 4.69) is 5.32 Å². The first-order valence-electron chi connectivity index (χ1n) is 5.82. The standard InChI is InChI=1S/C13H16FNO3/c1-2-3-7-15-12(17)9-18-13-10(8-16)5-4-6-11(13)14/h4-6,8H,2-3,7,9H2,1H3,(H,15,17). The van der Waals surface area contributed by atoms with E-state index in [0.717, 1.165) is 12.8 Å².